The molecule has 1 saturated carbocycles. The summed E-state index contributed by atoms with van der Waals surface area (Å²) < 4.78 is 0.945. The van der Waals surface area contributed by atoms with Gasteiger partial charge < -0.3 is 5.32 Å². The van der Waals surface area contributed by atoms with Crippen LogP contribution in [0.4, 0.5) is 5.82 Å². The lowest BCUT2D eigenvalue weighted by Crippen LogP contribution is -2.38. The fourth-order valence-electron chi connectivity index (χ4n) is 3.13. The second kappa shape index (κ2) is 6.31. The molecular formula is C15H18BrN5S. The fraction of sp³-hybridized carbons (Fsp3) is 0.467. The van der Waals surface area contributed by atoms with Gasteiger partial charge in [0.25, 0.3) is 0 Å². The Bertz CT molecular complexity index is 676. The Labute approximate surface area is 142 Å². The van der Waals surface area contributed by atoms with Gasteiger partial charge in [-0.25, -0.2) is 15.8 Å². The zero-order chi connectivity index (χ0) is 14.9. The van der Waals surface area contributed by atoms with Crippen molar-refractivity contribution in [3.8, 4) is 0 Å². The lowest BCUT2D eigenvalue weighted by Gasteiger charge is -2.16. The normalized spacial score (nSPS) is 25.9. The van der Waals surface area contributed by atoms with Gasteiger partial charge in [-0.15, -0.1) is 0 Å². The van der Waals surface area contributed by atoms with Crippen LogP contribution in [0.25, 0.3) is 11.0 Å². The van der Waals surface area contributed by atoms with Crippen molar-refractivity contribution < 1.29 is 0 Å². The maximum absolute atomic E-state index is 4.64. The summed E-state index contributed by atoms with van der Waals surface area (Å²) in [6, 6.07) is 5.97. The standard InChI is InChI=1S/C15H18BrN5S/c16-10-7-12-11(17-8-10)5-6-13(18-12)19-15-21-20-14(22-15)9-3-1-2-4-9/h5-9,14-15,20-21H,1-4H2,(H,18,19). The molecule has 1 aliphatic heterocycles. The number of nitrogens with zero attached hydrogens (tertiary/aromatic N) is 2. The van der Waals surface area contributed by atoms with Crippen molar-refractivity contribution in [1.29, 1.82) is 0 Å². The molecule has 3 N–H and O–H groups in total. The number of hydrazine groups is 1. The van der Waals surface area contributed by atoms with E-state index in [9.17, 15) is 0 Å². The number of aromatic nitrogens is 2. The number of fused-ring (bicyclic) bond motifs is 1. The number of hydrogen-bond donors (Lipinski definition) is 3. The molecule has 0 radical (unpaired) electrons. The molecule has 2 fully saturated rings. The van der Waals surface area contributed by atoms with Gasteiger partial charge in [0.1, 0.15) is 11.3 Å². The van der Waals surface area contributed by atoms with E-state index in [4.69, 9.17) is 0 Å². The van der Waals surface area contributed by atoms with Crippen LogP contribution >= 0.6 is 27.7 Å². The third-order valence-electron chi connectivity index (χ3n) is 4.25. The highest BCUT2D eigenvalue weighted by atomic mass is 79.9. The molecule has 1 aliphatic carbocycles. The Morgan fingerprint density at radius 1 is 1.18 bits per heavy atom. The average Bonchev–Trinajstić information content (AvgIpc) is 3.17. The van der Waals surface area contributed by atoms with Crippen molar-refractivity contribution >= 4 is 44.5 Å². The lowest BCUT2D eigenvalue weighted by atomic mass is 10.1. The first-order valence-electron chi connectivity index (χ1n) is 7.63. The van der Waals surface area contributed by atoms with Crippen molar-refractivity contribution in [2.24, 2.45) is 5.92 Å². The molecule has 4 rings (SSSR count). The van der Waals surface area contributed by atoms with E-state index in [1.54, 1.807) is 6.20 Å². The van der Waals surface area contributed by atoms with Gasteiger partial charge in [0.05, 0.1) is 16.4 Å². The summed E-state index contributed by atoms with van der Waals surface area (Å²) in [5.41, 5.74) is 8.69. The van der Waals surface area contributed by atoms with Crippen LogP contribution in [-0.2, 0) is 0 Å². The molecule has 116 valence electrons. The van der Waals surface area contributed by atoms with Gasteiger partial charge in [0.15, 0.2) is 0 Å². The first-order chi connectivity index (χ1) is 10.8. The summed E-state index contributed by atoms with van der Waals surface area (Å²) in [6.45, 7) is 0. The van der Waals surface area contributed by atoms with Crippen LogP contribution in [0.3, 0.4) is 0 Å². The molecule has 2 aromatic heterocycles. The molecular weight excluding hydrogens is 362 g/mol. The number of thioether (sulfide) groups is 1. The second-order valence-corrected chi connectivity index (χ2v) is 7.97. The van der Waals surface area contributed by atoms with E-state index < -0.39 is 0 Å². The van der Waals surface area contributed by atoms with E-state index in [1.807, 2.05) is 30.0 Å². The summed E-state index contributed by atoms with van der Waals surface area (Å²) in [5, 5.41) is 3.94. The zero-order valence-electron chi connectivity index (χ0n) is 12.1. The second-order valence-electron chi connectivity index (χ2n) is 5.80. The first kappa shape index (κ1) is 14.7. The van der Waals surface area contributed by atoms with Gasteiger partial charge >= 0.3 is 0 Å². The predicted molar refractivity (Wildman–Crippen MR) is 94.3 cm³/mol. The van der Waals surface area contributed by atoms with Crippen LogP contribution in [0, 0.1) is 5.92 Å². The minimum atomic E-state index is 0.149. The molecule has 0 bridgehead atoms. The van der Waals surface area contributed by atoms with Crippen molar-refractivity contribution in [3.63, 3.8) is 0 Å². The molecule has 2 unspecified atom stereocenters. The van der Waals surface area contributed by atoms with Crippen LogP contribution < -0.4 is 16.2 Å². The number of pyridine rings is 2. The predicted octanol–water partition coefficient (Wildman–Crippen LogP) is 3.45. The van der Waals surface area contributed by atoms with Gasteiger partial charge in [0.2, 0.25) is 0 Å². The molecule has 2 aliphatic rings. The third kappa shape index (κ3) is 3.08. The highest BCUT2D eigenvalue weighted by Crippen LogP contribution is 2.35. The molecule has 2 atom stereocenters. The molecule has 22 heavy (non-hydrogen) atoms. The van der Waals surface area contributed by atoms with Crippen LogP contribution in [-0.4, -0.2) is 20.8 Å². The number of rotatable bonds is 3. The highest BCUT2D eigenvalue weighted by molar-refractivity contribution is 9.10. The Kier molecular flexibility index (Phi) is 4.21. The quantitative estimate of drug-likeness (QED) is 0.758. The Hall–Kier alpha value is -0.890. The average molecular weight is 380 g/mol. The summed E-state index contributed by atoms with van der Waals surface area (Å²) in [7, 11) is 0. The van der Waals surface area contributed by atoms with Gasteiger partial charge in [-0.2, -0.15) is 0 Å². The molecule has 7 heteroatoms. The molecule has 0 spiro atoms. The Morgan fingerprint density at radius 2 is 2.05 bits per heavy atom. The topological polar surface area (TPSA) is 61.9 Å². The van der Waals surface area contributed by atoms with Gasteiger partial charge in [-0.1, -0.05) is 24.6 Å². The van der Waals surface area contributed by atoms with Crippen molar-refractivity contribution in [2.45, 2.75) is 36.6 Å². The highest BCUT2D eigenvalue weighted by Gasteiger charge is 2.32. The van der Waals surface area contributed by atoms with Crippen LogP contribution in [0.1, 0.15) is 25.7 Å². The summed E-state index contributed by atoms with van der Waals surface area (Å²) in [5.74, 6) is 1.65. The van der Waals surface area contributed by atoms with Gasteiger partial charge in [-0.05, 0) is 52.9 Å². The number of anilines is 1. The molecule has 1 saturated heterocycles. The molecule has 0 aromatic carbocycles. The lowest BCUT2D eigenvalue weighted by molar-refractivity contribution is 0.431. The van der Waals surface area contributed by atoms with Crippen molar-refractivity contribution in [2.75, 3.05) is 5.32 Å². The third-order valence-corrected chi connectivity index (χ3v) is 5.99. The van der Waals surface area contributed by atoms with Gasteiger partial charge in [-0.3, -0.25) is 4.98 Å². The summed E-state index contributed by atoms with van der Waals surface area (Å²) in [4.78, 5) is 8.99. The number of nitrogens with one attached hydrogen (secondary N) is 3. The van der Waals surface area contributed by atoms with Gasteiger partial charge in [0, 0.05) is 10.7 Å². The minimum absolute atomic E-state index is 0.149. The fourth-order valence-corrected chi connectivity index (χ4v) is 4.70. The van der Waals surface area contributed by atoms with E-state index in [-0.39, 0.29) is 5.50 Å². The van der Waals surface area contributed by atoms with E-state index in [1.165, 1.54) is 25.7 Å². The number of hydrogen-bond acceptors (Lipinski definition) is 6. The van der Waals surface area contributed by atoms with Crippen molar-refractivity contribution in [3.05, 3.63) is 28.9 Å². The minimum Gasteiger partial charge on any atom is -0.345 e. The SMILES string of the molecule is Brc1cnc2ccc(NC3NNC(C4CCCC4)S3)nc2c1. The summed E-state index contributed by atoms with van der Waals surface area (Å²) >= 11 is 5.35. The van der Waals surface area contributed by atoms with Crippen LogP contribution in [0.5, 0.6) is 0 Å². The van der Waals surface area contributed by atoms with E-state index in [0.29, 0.717) is 5.37 Å². The smallest absolute Gasteiger partial charge is 0.141 e. The molecule has 5 nitrogen and oxygen atoms in total. The molecule has 3 heterocycles. The molecule has 0 amide bonds. The summed E-state index contributed by atoms with van der Waals surface area (Å²) in [6.07, 6.45) is 7.22. The maximum atomic E-state index is 4.64. The van der Waals surface area contributed by atoms with E-state index in [0.717, 1.165) is 27.2 Å². The Balaban J connectivity index is 1.45. The Morgan fingerprint density at radius 3 is 2.91 bits per heavy atom. The van der Waals surface area contributed by atoms with E-state index >= 15 is 0 Å². The monoisotopic (exact) mass is 379 g/mol. The van der Waals surface area contributed by atoms with Crippen molar-refractivity contribution in [1.82, 2.24) is 20.8 Å². The zero-order valence-corrected chi connectivity index (χ0v) is 14.5. The van der Waals surface area contributed by atoms with Crippen LogP contribution in [0.2, 0.25) is 0 Å². The maximum Gasteiger partial charge on any atom is 0.141 e. The van der Waals surface area contributed by atoms with Crippen LogP contribution in [0.15, 0.2) is 28.9 Å². The first-order valence-corrected chi connectivity index (χ1v) is 9.37. The number of halogens is 1. The molecule has 2 aromatic rings. The largest absolute Gasteiger partial charge is 0.345 e. The van der Waals surface area contributed by atoms with E-state index in [2.05, 4.69) is 42.1 Å².